The molecule has 0 spiro atoms. The standard InChI is InChI=1S/C38H53N14O22P3S/c1-38(2,14-71-77(68,69)74-76(66,67)70-13-20-26(73-75(63,64)65)25(56)34(72-20)52-16-46-24-28(40)44-15-45-30(24)52)27(57)33(60)43-10-9-21(53)42-11-12-78-35(61)19(7-8-22(54)55)48-31(58)17-3-5-18(6-4-17)47-37(62)50-29-23(39)32(59)51-36(41)49-29/h3-6,15-16,19-20,25-27,34,56-57H,7-14,39H2,1-2H3,(H,42,53)(H,43,60)(H,48,58)(H,54,55)(H,66,67)(H,68,69)(H2,40,44,45)(H2,63,64,65)(H5,41,47,49,50,51,59,62). The Morgan fingerprint density at radius 2 is 1.62 bits per heavy atom. The minimum Gasteiger partial charge on any atom is -0.481 e. The van der Waals surface area contributed by atoms with Gasteiger partial charge in [0, 0.05) is 48.3 Å². The number of urea groups is 1. The molecule has 4 aromatic rings. The first-order valence-corrected chi connectivity index (χ1v) is 27.8. The van der Waals surface area contributed by atoms with E-state index in [4.69, 9.17) is 31.0 Å². The van der Waals surface area contributed by atoms with Gasteiger partial charge in [0.05, 0.1) is 25.6 Å². The number of carbonyl (C=O) groups excluding carboxylic acids is 5. The fourth-order valence-corrected chi connectivity index (χ4v) is 10.3. The van der Waals surface area contributed by atoms with E-state index in [1.54, 1.807) is 0 Å². The summed E-state index contributed by atoms with van der Waals surface area (Å²) in [6.07, 6.45) is -8.25. The Morgan fingerprint density at radius 3 is 2.28 bits per heavy atom. The highest BCUT2D eigenvalue weighted by Crippen LogP contribution is 2.61. The molecule has 0 aliphatic carbocycles. The number of hydrogen-bond donors (Lipinski definition) is 16. The van der Waals surface area contributed by atoms with Gasteiger partial charge in [0.15, 0.2) is 23.5 Å². The van der Waals surface area contributed by atoms with Crippen LogP contribution in [0.1, 0.15) is 49.7 Å². The Balaban J connectivity index is 1.02. The number of nitrogens with zero attached hydrogens (tertiary/aromatic N) is 5. The van der Waals surface area contributed by atoms with Crippen molar-refractivity contribution in [2.75, 3.05) is 59.9 Å². The molecule has 40 heteroatoms. The molecule has 19 N–H and O–H groups in total. The van der Waals surface area contributed by atoms with Crippen LogP contribution in [0.15, 0.2) is 41.7 Å². The zero-order chi connectivity index (χ0) is 57.9. The van der Waals surface area contributed by atoms with Crippen molar-refractivity contribution < 1.29 is 100.0 Å². The molecular weight excluding hydrogens is 1130 g/mol. The fraction of sp³-hybridized carbons (Fsp3) is 0.447. The maximum absolute atomic E-state index is 13.1. The molecule has 428 valence electrons. The van der Waals surface area contributed by atoms with E-state index in [0.717, 1.165) is 17.2 Å². The molecule has 0 bridgehead atoms. The molecule has 0 saturated carbocycles. The number of aliphatic carboxylic acids is 1. The summed E-state index contributed by atoms with van der Waals surface area (Å²) in [5.74, 6) is -4.46. The van der Waals surface area contributed by atoms with Crippen LogP contribution < -0.4 is 49.3 Å². The second kappa shape index (κ2) is 26.4. The zero-order valence-electron chi connectivity index (χ0n) is 40.6. The normalized spacial score (nSPS) is 18.9. The predicted molar refractivity (Wildman–Crippen MR) is 268 cm³/mol. The molecule has 1 aromatic carbocycles. The quantitative estimate of drug-likeness (QED) is 0.0232. The lowest BCUT2D eigenvalue weighted by atomic mass is 9.87. The summed E-state index contributed by atoms with van der Waals surface area (Å²) in [6, 6.07) is 3.11. The molecule has 0 radical (unpaired) electrons. The van der Waals surface area contributed by atoms with E-state index in [1.807, 2.05) is 0 Å². The lowest BCUT2D eigenvalue weighted by Gasteiger charge is -2.30. The first-order valence-electron chi connectivity index (χ1n) is 22.3. The number of aliphatic hydroxyl groups is 2. The van der Waals surface area contributed by atoms with Crippen LogP contribution in [-0.4, -0.2) is 162 Å². The topological polar surface area (TPSA) is 569 Å². The van der Waals surface area contributed by atoms with Crippen LogP contribution >= 0.6 is 35.2 Å². The first kappa shape index (κ1) is 62.3. The number of fused-ring (bicyclic) bond motifs is 1. The molecule has 36 nitrogen and oxygen atoms in total. The van der Waals surface area contributed by atoms with Gasteiger partial charge < -0.3 is 78.1 Å². The Bertz CT molecular complexity index is 3070. The van der Waals surface area contributed by atoms with E-state index in [0.29, 0.717) is 11.8 Å². The summed E-state index contributed by atoms with van der Waals surface area (Å²) >= 11 is 0.674. The third kappa shape index (κ3) is 18.0. The van der Waals surface area contributed by atoms with E-state index in [-0.39, 0.29) is 71.7 Å². The summed E-state index contributed by atoms with van der Waals surface area (Å²) in [6.45, 7) is -0.246. The van der Waals surface area contributed by atoms with Gasteiger partial charge in [-0.25, -0.2) is 33.4 Å². The monoisotopic (exact) mass is 1180 g/mol. The molecule has 8 unspecified atom stereocenters. The number of H-pyrrole nitrogens is 1. The number of nitrogens with one attached hydrogen (secondary N) is 6. The van der Waals surface area contributed by atoms with Gasteiger partial charge in [0.1, 0.15) is 41.9 Å². The number of aromatic amines is 1. The van der Waals surface area contributed by atoms with Gasteiger partial charge in [-0.05, 0) is 30.7 Å². The Labute approximate surface area is 442 Å². The number of thioether (sulfide) groups is 1. The number of benzene rings is 1. The number of nitrogens with two attached hydrogens (primary N) is 3. The predicted octanol–water partition coefficient (Wildman–Crippen LogP) is -1.78. The number of rotatable bonds is 27. The van der Waals surface area contributed by atoms with E-state index < -0.39 is 131 Å². The van der Waals surface area contributed by atoms with Crippen LogP contribution in [0.5, 0.6) is 0 Å². The molecule has 5 rings (SSSR count). The number of ether oxygens (including phenoxy) is 1. The van der Waals surface area contributed by atoms with E-state index in [9.17, 15) is 82.2 Å². The smallest absolute Gasteiger partial charge is 0.481 e. The Hall–Kier alpha value is -6.53. The molecule has 8 atom stereocenters. The van der Waals surface area contributed by atoms with Crippen molar-refractivity contribution in [2.45, 2.75) is 69.8 Å². The molecule has 5 amide bonds. The van der Waals surface area contributed by atoms with Crippen LogP contribution in [0.4, 0.5) is 33.8 Å². The lowest BCUT2D eigenvalue weighted by molar-refractivity contribution is -0.138. The zero-order valence-corrected chi connectivity index (χ0v) is 44.1. The second-order valence-electron chi connectivity index (χ2n) is 17.1. The number of aliphatic hydroxyl groups excluding tert-OH is 2. The maximum Gasteiger partial charge on any atom is 0.481 e. The average Bonchev–Trinajstić information content (AvgIpc) is 3.91. The van der Waals surface area contributed by atoms with Crippen LogP contribution in [0.3, 0.4) is 0 Å². The largest absolute Gasteiger partial charge is 0.481 e. The minimum atomic E-state index is -5.65. The third-order valence-corrected chi connectivity index (χ3v) is 14.7. The maximum atomic E-state index is 13.1. The number of carboxylic acid groups (broad SMARTS) is 1. The number of carboxylic acids is 1. The number of amides is 5. The van der Waals surface area contributed by atoms with Gasteiger partial charge in [-0.3, -0.25) is 57.2 Å². The van der Waals surface area contributed by atoms with Gasteiger partial charge in [-0.1, -0.05) is 25.6 Å². The fourth-order valence-electron chi connectivity index (χ4n) is 6.71. The number of phosphoric acid groups is 3. The minimum absolute atomic E-state index is 0.00331. The number of anilines is 5. The van der Waals surface area contributed by atoms with E-state index in [1.165, 1.54) is 38.1 Å². The van der Waals surface area contributed by atoms with Crippen molar-refractivity contribution in [1.82, 2.24) is 45.4 Å². The SMILES string of the molecule is CC(C)(COP(=O)(O)OP(=O)(O)OCC1OC(n2cnc3c(N)ncnc32)C(O)C1OP(=O)(O)O)C(O)C(=O)NCCC(=O)NCCSC(=O)C(CCC(=O)O)NC(=O)c1ccc(NC(=O)Nc2nc(N)[nH]c(=O)c2N)cc1. The summed E-state index contributed by atoms with van der Waals surface area (Å²) < 4.78 is 62.4. The second-order valence-corrected chi connectivity index (χ2v) is 22.4. The molecule has 1 aliphatic rings. The summed E-state index contributed by atoms with van der Waals surface area (Å²) in [4.78, 5) is 144. The lowest BCUT2D eigenvalue weighted by Crippen LogP contribution is -2.46. The van der Waals surface area contributed by atoms with Crippen molar-refractivity contribution in [3.8, 4) is 0 Å². The van der Waals surface area contributed by atoms with E-state index >= 15 is 0 Å². The highest BCUT2D eigenvalue weighted by Gasteiger charge is 2.50. The highest BCUT2D eigenvalue weighted by atomic mass is 32.2. The van der Waals surface area contributed by atoms with Gasteiger partial charge in [0.25, 0.3) is 11.5 Å². The highest BCUT2D eigenvalue weighted by molar-refractivity contribution is 8.13. The molecule has 1 fully saturated rings. The molecule has 1 saturated heterocycles. The molecular formula is C38H53N14O22P3S. The van der Waals surface area contributed by atoms with Gasteiger partial charge in [0.2, 0.25) is 22.9 Å². The molecule has 4 heterocycles. The Kier molecular flexibility index (Phi) is 21.1. The van der Waals surface area contributed by atoms with Gasteiger partial charge >= 0.3 is 35.5 Å². The van der Waals surface area contributed by atoms with Crippen LogP contribution in [0.2, 0.25) is 0 Å². The van der Waals surface area contributed by atoms with E-state index in [2.05, 4.69) is 60.3 Å². The average molecular weight is 1180 g/mol. The summed E-state index contributed by atoms with van der Waals surface area (Å²) in [5.41, 5.74) is 14.2. The van der Waals surface area contributed by atoms with Crippen molar-refractivity contribution in [2.24, 2.45) is 5.41 Å². The van der Waals surface area contributed by atoms with Crippen LogP contribution in [0.25, 0.3) is 11.2 Å². The van der Waals surface area contributed by atoms with Crippen molar-refractivity contribution in [3.05, 3.63) is 52.8 Å². The number of phosphoric ester groups is 3. The summed E-state index contributed by atoms with van der Waals surface area (Å²) in [7, 11) is -16.6. The van der Waals surface area contributed by atoms with Crippen LogP contribution in [0, 0.1) is 5.41 Å². The van der Waals surface area contributed by atoms with Gasteiger partial charge in [-0.15, -0.1) is 0 Å². The van der Waals surface area contributed by atoms with Crippen molar-refractivity contribution >= 4 is 110 Å². The Morgan fingerprint density at radius 1 is 0.936 bits per heavy atom. The summed E-state index contributed by atoms with van der Waals surface area (Å²) in [5, 5.41) is 42.2. The number of imidazole rings is 1. The number of nitrogen functional groups attached to an aromatic ring is 3. The van der Waals surface area contributed by atoms with Crippen molar-refractivity contribution in [1.29, 1.82) is 0 Å². The molecule has 78 heavy (non-hydrogen) atoms. The molecule has 1 aliphatic heterocycles. The third-order valence-electron chi connectivity index (χ3n) is 10.6. The van der Waals surface area contributed by atoms with Crippen LogP contribution in [-0.2, 0) is 55.5 Å². The van der Waals surface area contributed by atoms with Crippen molar-refractivity contribution in [3.63, 3.8) is 0 Å². The number of carbonyl (C=O) groups is 6. The number of hydrogen-bond acceptors (Lipinski definition) is 25. The number of aromatic nitrogens is 6. The van der Waals surface area contributed by atoms with Gasteiger partial charge in [-0.2, -0.15) is 9.29 Å². The molecule has 3 aromatic heterocycles. The first-order chi connectivity index (χ1) is 36.3.